The Bertz CT molecular complexity index is 816. The second-order valence-electron chi connectivity index (χ2n) is 5.80. The van der Waals surface area contributed by atoms with Crippen LogP contribution in [0.25, 0.3) is 0 Å². The Balaban J connectivity index is 2.23. The number of nitrogens with zero attached hydrogens (tertiary/aromatic N) is 1. The molecule has 1 aliphatic heterocycles. The first kappa shape index (κ1) is 15.6. The summed E-state index contributed by atoms with van der Waals surface area (Å²) >= 11 is 6.38. The van der Waals surface area contributed by atoms with Crippen LogP contribution in [0.5, 0.6) is 0 Å². The topological polar surface area (TPSA) is 57.6 Å². The third kappa shape index (κ3) is 2.59. The Kier molecular flexibility index (Phi) is 3.86. The number of ketones is 1. The number of fused-ring (bicyclic) bond motifs is 2. The molecule has 0 aliphatic carbocycles. The van der Waals surface area contributed by atoms with Crippen LogP contribution in [-0.4, -0.2) is 23.9 Å². The smallest absolute Gasteiger partial charge is 0.310 e. The number of halogens is 1. The molecule has 3 rings (SSSR count). The summed E-state index contributed by atoms with van der Waals surface area (Å²) in [4.78, 5) is 26.1. The highest BCUT2D eigenvalue weighted by Gasteiger charge is 2.27. The van der Waals surface area contributed by atoms with Crippen molar-refractivity contribution in [3.63, 3.8) is 0 Å². The first-order chi connectivity index (χ1) is 10.9. The molecule has 0 fully saturated rings. The molecule has 1 atom stereocenters. The standard InChI is InChI=1S/C18H16ClNO3/c1-10(18(22)23)12-7-14-16(15(19)8-12)20(2)9-11-5-3-4-6-13(11)17(14)21/h3-8,10H,9H2,1-2H3,(H,22,23). The van der Waals surface area contributed by atoms with Crippen LogP contribution in [0.2, 0.25) is 5.02 Å². The maximum absolute atomic E-state index is 12.9. The molecule has 0 radical (unpaired) electrons. The summed E-state index contributed by atoms with van der Waals surface area (Å²) in [6, 6.07) is 10.7. The van der Waals surface area contributed by atoms with Gasteiger partial charge in [0, 0.05) is 24.7 Å². The molecule has 0 saturated carbocycles. The fourth-order valence-corrected chi connectivity index (χ4v) is 3.31. The lowest BCUT2D eigenvalue weighted by Crippen LogP contribution is -2.17. The molecule has 1 unspecified atom stereocenters. The van der Waals surface area contributed by atoms with E-state index in [4.69, 9.17) is 11.6 Å². The second kappa shape index (κ2) is 5.70. The maximum atomic E-state index is 12.9. The zero-order valence-electron chi connectivity index (χ0n) is 12.8. The molecule has 4 nitrogen and oxygen atoms in total. The number of rotatable bonds is 2. The van der Waals surface area contributed by atoms with Gasteiger partial charge in [0.25, 0.3) is 0 Å². The Hall–Kier alpha value is -2.33. The molecule has 5 heteroatoms. The quantitative estimate of drug-likeness (QED) is 0.912. The van der Waals surface area contributed by atoms with E-state index in [0.717, 1.165) is 5.56 Å². The van der Waals surface area contributed by atoms with E-state index in [1.54, 1.807) is 25.1 Å². The largest absolute Gasteiger partial charge is 0.481 e. The van der Waals surface area contributed by atoms with E-state index in [2.05, 4.69) is 0 Å². The normalized spacial score (nSPS) is 14.7. The summed E-state index contributed by atoms with van der Waals surface area (Å²) in [5.74, 6) is -1.80. The molecule has 1 heterocycles. The highest BCUT2D eigenvalue weighted by atomic mass is 35.5. The van der Waals surface area contributed by atoms with Gasteiger partial charge in [-0.1, -0.05) is 35.9 Å². The van der Waals surface area contributed by atoms with Gasteiger partial charge in [0.15, 0.2) is 5.78 Å². The summed E-state index contributed by atoms with van der Waals surface area (Å²) in [5, 5.41) is 9.62. The molecule has 0 bridgehead atoms. The molecule has 1 N–H and O–H groups in total. The van der Waals surface area contributed by atoms with Gasteiger partial charge in [0.05, 0.1) is 16.6 Å². The Morgan fingerprint density at radius 1 is 1.26 bits per heavy atom. The zero-order chi connectivity index (χ0) is 16.7. The molecule has 0 amide bonds. The SMILES string of the molecule is CC(C(=O)O)c1cc(Cl)c2c(c1)C(=O)c1ccccc1CN2C. The van der Waals surface area contributed by atoms with Crippen LogP contribution in [0.4, 0.5) is 5.69 Å². The first-order valence-electron chi connectivity index (χ1n) is 7.30. The average Bonchev–Trinajstić information content (AvgIpc) is 2.62. The van der Waals surface area contributed by atoms with E-state index >= 15 is 0 Å². The van der Waals surface area contributed by atoms with Gasteiger partial charge >= 0.3 is 5.97 Å². The van der Waals surface area contributed by atoms with Gasteiger partial charge in [-0.15, -0.1) is 0 Å². The van der Waals surface area contributed by atoms with Crippen molar-refractivity contribution in [1.29, 1.82) is 0 Å². The third-order valence-electron chi connectivity index (χ3n) is 4.25. The van der Waals surface area contributed by atoms with Gasteiger partial charge in [-0.25, -0.2) is 0 Å². The minimum Gasteiger partial charge on any atom is -0.481 e. The van der Waals surface area contributed by atoms with Gasteiger partial charge in [0.1, 0.15) is 0 Å². The monoisotopic (exact) mass is 329 g/mol. The van der Waals surface area contributed by atoms with Crippen LogP contribution in [0.1, 0.15) is 39.9 Å². The predicted octanol–water partition coefficient (Wildman–Crippen LogP) is 3.71. The highest BCUT2D eigenvalue weighted by molar-refractivity contribution is 6.35. The fraction of sp³-hybridized carbons (Fsp3) is 0.222. The Labute approximate surface area is 139 Å². The van der Waals surface area contributed by atoms with Crippen molar-refractivity contribution < 1.29 is 14.7 Å². The van der Waals surface area contributed by atoms with Crippen LogP contribution < -0.4 is 4.90 Å². The van der Waals surface area contributed by atoms with Crippen molar-refractivity contribution in [2.45, 2.75) is 19.4 Å². The molecule has 2 aromatic carbocycles. The molecule has 0 spiro atoms. The van der Waals surface area contributed by atoms with Gasteiger partial charge in [-0.05, 0) is 30.2 Å². The van der Waals surface area contributed by atoms with Gasteiger partial charge in [-0.2, -0.15) is 0 Å². The van der Waals surface area contributed by atoms with Crippen LogP contribution in [-0.2, 0) is 11.3 Å². The van der Waals surface area contributed by atoms with Crippen LogP contribution >= 0.6 is 11.6 Å². The van der Waals surface area contributed by atoms with Crippen molar-refractivity contribution in [3.8, 4) is 0 Å². The molecule has 0 aromatic heterocycles. The van der Waals surface area contributed by atoms with E-state index in [1.807, 2.05) is 30.1 Å². The van der Waals surface area contributed by atoms with Crippen LogP contribution in [0.3, 0.4) is 0 Å². The van der Waals surface area contributed by atoms with E-state index in [1.165, 1.54) is 0 Å². The fourth-order valence-electron chi connectivity index (χ4n) is 2.93. The number of carboxylic acids is 1. The highest BCUT2D eigenvalue weighted by Crippen LogP contribution is 2.37. The van der Waals surface area contributed by atoms with Gasteiger partial charge < -0.3 is 10.0 Å². The zero-order valence-corrected chi connectivity index (χ0v) is 13.6. The number of carbonyl (C=O) groups is 2. The maximum Gasteiger partial charge on any atom is 0.310 e. The molecular weight excluding hydrogens is 314 g/mol. The molecule has 1 aliphatic rings. The van der Waals surface area contributed by atoms with Crippen molar-refractivity contribution in [2.75, 3.05) is 11.9 Å². The number of hydrogen-bond acceptors (Lipinski definition) is 3. The molecule has 23 heavy (non-hydrogen) atoms. The Morgan fingerprint density at radius 2 is 1.96 bits per heavy atom. The molecule has 2 aromatic rings. The summed E-state index contributed by atoms with van der Waals surface area (Å²) < 4.78 is 0. The minimum absolute atomic E-state index is 0.124. The summed E-state index contributed by atoms with van der Waals surface area (Å²) in [6.45, 7) is 2.15. The Morgan fingerprint density at radius 3 is 2.65 bits per heavy atom. The first-order valence-corrected chi connectivity index (χ1v) is 7.68. The summed E-state index contributed by atoms with van der Waals surface area (Å²) in [6.07, 6.45) is 0. The molecule has 0 saturated heterocycles. The summed E-state index contributed by atoms with van der Waals surface area (Å²) in [5.41, 5.74) is 3.19. The average molecular weight is 330 g/mol. The number of hydrogen-bond donors (Lipinski definition) is 1. The number of benzene rings is 2. The van der Waals surface area contributed by atoms with Crippen molar-refractivity contribution >= 4 is 29.0 Å². The second-order valence-corrected chi connectivity index (χ2v) is 6.21. The van der Waals surface area contributed by atoms with Crippen molar-refractivity contribution in [3.05, 3.63) is 63.7 Å². The summed E-state index contributed by atoms with van der Waals surface area (Å²) in [7, 11) is 1.88. The lowest BCUT2D eigenvalue weighted by Gasteiger charge is -2.22. The van der Waals surface area contributed by atoms with E-state index in [0.29, 0.717) is 33.9 Å². The number of carboxylic acid groups (broad SMARTS) is 1. The predicted molar refractivity (Wildman–Crippen MR) is 89.5 cm³/mol. The van der Waals surface area contributed by atoms with E-state index < -0.39 is 11.9 Å². The van der Waals surface area contributed by atoms with Crippen molar-refractivity contribution in [2.24, 2.45) is 0 Å². The van der Waals surface area contributed by atoms with Crippen LogP contribution in [0, 0.1) is 0 Å². The lowest BCUT2D eigenvalue weighted by atomic mass is 9.94. The number of carbonyl (C=O) groups excluding carboxylic acids is 1. The molecular formula is C18H16ClNO3. The molecule has 118 valence electrons. The van der Waals surface area contributed by atoms with Gasteiger partial charge in [0.2, 0.25) is 0 Å². The van der Waals surface area contributed by atoms with Crippen LogP contribution in [0.15, 0.2) is 36.4 Å². The third-order valence-corrected chi connectivity index (χ3v) is 4.54. The minimum atomic E-state index is -0.948. The van der Waals surface area contributed by atoms with Gasteiger partial charge in [-0.3, -0.25) is 9.59 Å². The van der Waals surface area contributed by atoms with E-state index in [9.17, 15) is 14.7 Å². The van der Waals surface area contributed by atoms with E-state index in [-0.39, 0.29) is 5.78 Å². The van der Waals surface area contributed by atoms with Crippen molar-refractivity contribution in [1.82, 2.24) is 0 Å². The number of anilines is 1. The lowest BCUT2D eigenvalue weighted by molar-refractivity contribution is -0.138. The number of aliphatic carboxylic acids is 1.